The fourth-order valence-electron chi connectivity index (χ4n) is 2.34. The van der Waals surface area contributed by atoms with Gasteiger partial charge in [-0.15, -0.1) is 0 Å². The monoisotopic (exact) mass is 321 g/mol. The fourth-order valence-corrected chi connectivity index (χ4v) is 2.34. The number of likely N-dealkylation sites (N-methyl/N-ethyl adjacent to an activating group) is 1. The summed E-state index contributed by atoms with van der Waals surface area (Å²) in [5.41, 5.74) is 2.13. The predicted molar refractivity (Wildman–Crippen MR) is 88.0 cm³/mol. The molecule has 1 aromatic heterocycles. The van der Waals surface area contributed by atoms with Crippen LogP contribution in [0.4, 0.5) is 0 Å². The predicted octanol–water partition coefficient (Wildman–Crippen LogP) is 0.423. The van der Waals surface area contributed by atoms with E-state index in [9.17, 15) is 4.79 Å². The number of H-pyrrole nitrogens is 1. The second kappa shape index (κ2) is 8.67. The van der Waals surface area contributed by atoms with Crippen molar-refractivity contribution in [1.29, 1.82) is 0 Å². The van der Waals surface area contributed by atoms with Crippen molar-refractivity contribution in [3.8, 4) is 5.75 Å². The van der Waals surface area contributed by atoms with Gasteiger partial charge in [-0.1, -0.05) is 6.07 Å². The van der Waals surface area contributed by atoms with Gasteiger partial charge in [-0.25, -0.2) is 4.79 Å². The highest BCUT2D eigenvalue weighted by Crippen LogP contribution is 2.29. The van der Waals surface area contributed by atoms with Crippen LogP contribution in [0.25, 0.3) is 10.9 Å². The summed E-state index contributed by atoms with van der Waals surface area (Å²) in [4.78, 5) is 16.5. The molecule has 0 unspecified atom stereocenters. The van der Waals surface area contributed by atoms with Gasteiger partial charge >= 0.3 is 5.97 Å². The normalized spacial score (nSPS) is 11.3. The Hall–Kier alpha value is -1.89. The van der Waals surface area contributed by atoms with Crippen molar-refractivity contribution < 1.29 is 23.9 Å². The van der Waals surface area contributed by atoms with E-state index in [1.807, 2.05) is 24.4 Å². The van der Waals surface area contributed by atoms with Crippen molar-refractivity contribution in [2.24, 2.45) is 0 Å². The summed E-state index contributed by atoms with van der Waals surface area (Å²) in [7, 11) is 5.82. The summed E-state index contributed by atoms with van der Waals surface area (Å²) in [6, 6.07) is 5.66. The number of methoxy groups -OCH3 is 1. The lowest BCUT2D eigenvalue weighted by atomic mass is 10.1. The summed E-state index contributed by atoms with van der Waals surface area (Å²) in [5, 5.41) is 0.971. The fraction of sp³-hybridized carbons (Fsp3) is 0.471. The SMILES string of the molecule is COCCOCC(=O)Oc1cccc2[nH]cc(CC[NH+](C)C)c12. The molecule has 2 N–H and O–H groups in total. The first-order chi connectivity index (χ1) is 11.1. The number of benzene rings is 1. The van der Waals surface area contributed by atoms with Crippen LogP contribution in [0.15, 0.2) is 24.4 Å². The van der Waals surface area contributed by atoms with Crippen LogP contribution < -0.4 is 9.64 Å². The van der Waals surface area contributed by atoms with Gasteiger partial charge in [0.1, 0.15) is 12.4 Å². The molecule has 0 spiro atoms. The molecule has 0 aliphatic carbocycles. The summed E-state index contributed by atoms with van der Waals surface area (Å²) < 4.78 is 15.6. The van der Waals surface area contributed by atoms with Crippen LogP contribution in [0.5, 0.6) is 5.75 Å². The number of quaternary nitrogens is 1. The molecule has 0 radical (unpaired) electrons. The number of esters is 1. The van der Waals surface area contributed by atoms with E-state index in [1.54, 1.807) is 7.11 Å². The first kappa shape index (κ1) is 17.5. The maximum absolute atomic E-state index is 11.9. The average molecular weight is 321 g/mol. The zero-order valence-corrected chi connectivity index (χ0v) is 14.0. The molecule has 0 saturated carbocycles. The summed E-state index contributed by atoms with van der Waals surface area (Å²) in [6.07, 6.45) is 2.90. The summed E-state index contributed by atoms with van der Waals surface area (Å²) >= 11 is 0. The van der Waals surface area contributed by atoms with E-state index in [2.05, 4.69) is 19.1 Å². The lowest BCUT2D eigenvalue weighted by molar-refractivity contribution is -0.858. The Kier molecular flexibility index (Phi) is 6.58. The first-order valence-corrected chi connectivity index (χ1v) is 7.77. The third-order valence-electron chi connectivity index (χ3n) is 3.52. The maximum Gasteiger partial charge on any atom is 0.337 e. The molecule has 6 nitrogen and oxygen atoms in total. The van der Waals surface area contributed by atoms with Gasteiger partial charge in [0.15, 0.2) is 0 Å². The quantitative estimate of drug-likeness (QED) is 0.399. The van der Waals surface area contributed by atoms with Crippen LogP contribution >= 0.6 is 0 Å². The summed E-state index contributed by atoms with van der Waals surface area (Å²) in [6.45, 7) is 1.76. The molecule has 23 heavy (non-hydrogen) atoms. The molecule has 0 fully saturated rings. The molecule has 0 atom stereocenters. The Morgan fingerprint density at radius 3 is 2.83 bits per heavy atom. The van der Waals surface area contributed by atoms with E-state index < -0.39 is 5.97 Å². The van der Waals surface area contributed by atoms with Crippen molar-refractivity contribution in [2.75, 3.05) is 47.6 Å². The van der Waals surface area contributed by atoms with Crippen molar-refractivity contribution in [2.45, 2.75) is 6.42 Å². The number of aromatic nitrogens is 1. The van der Waals surface area contributed by atoms with Crippen molar-refractivity contribution in [3.05, 3.63) is 30.0 Å². The van der Waals surface area contributed by atoms with Gasteiger partial charge in [0.25, 0.3) is 0 Å². The van der Waals surface area contributed by atoms with Gasteiger partial charge in [-0.2, -0.15) is 0 Å². The van der Waals surface area contributed by atoms with Gasteiger partial charge < -0.3 is 24.1 Å². The molecule has 6 heteroatoms. The lowest BCUT2D eigenvalue weighted by Gasteiger charge is -2.09. The molecule has 0 aliphatic heterocycles. The maximum atomic E-state index is 11.9. The number of rotatable bonds is 9. The molecule has 2 rings (SSSR count). The molecular weight excluding hydrogens is 296 g/mol. The number of hydrogen-bond donors (Lipinski definition) is 2. The molecule has 0 aliphatic rings. The highest BCUT2D eigenvalue weighted by atomic mass is 16.6. The van der Waals surface area contributed by atoms with Gasteiger partial charge in [-0.3, -0.25) is 0 Å². The topological polar surface area (TPSA) is 65.0 Å². The Morgan fingerprint density at radius 1 is 1.26 bits per heavy atom. The third-order valence-corrected chi connectivity index (χ3v) is 3.52. The number of carbonyl (C=O) groups is 1. The highest BCUT2D eigenvalue weighted by molar-refractivity contribution is 5.91. The molecule has 126 valence electrons. The minimum atomic E-state index is -0.404. The number of nitrogens with one attached hydrogen (secondary N) is 2. The van der Waals surface area contributed by atoms with E-state index >= 15 is 0 Å². The van der Waals surface area contributed by atoms with Crippen LogP contribution in [-0.2, 0) is 20.7 Å². The number of fused-ring (bicyclic) bond motifs is 1. The molecule has 0 bridgehead atoms. The van der Waals surface area contributed by atoms with Gasteiger partial charge in [0.05, 0.1) is 33.9 Å². The Balaban J connectivity index is 2.07. The number of ether oxygens (including phenoxy) is 3. The molecule has 0 amide bonds. The minimum absolute atomic E-state index is 0.0820. The first-order valence-electron chi connectivity index (χ1n) is 7.77. The molecule has 1 aromatic carbocycles. The molecule has 2 aromatic rings. The standard InChI is InChI=1S/C17H24N2O4/c1-19(2)8-7-13-11-18-14-5-4-6-15(17(13)14)23-16(20)12-22-10-9-21-3/h4-6,11,18H,7-10,12H2,1-3H3/p+1. The van der Waals surface area contributed by atoms with E-state index in [1.165, 1.54) is 4.90 Å². The van der Waals surface area contributed by atoms with Gasteiger partial charge in [-0.05, 0) is 17.7 Å². The Morgan fingerprint density at radius 2 is 2.09 bits per heavy atom. The van der Waals surface area contributed by atoms with Crippen molar-refractivity contribution >= 4 is 16.9 Å². The number of carbonyl (C=O) groups excluding carboxylic acids is 1. The minimum Gasteiger partial charge on any atom is -0.424 e. The number of hydrogen-bond acceptors (Lipinski definition) is 4. The van der Waals surface area contributed by atoms with Gasteiger partial charge in [0, 0.05) is 30.6 Å². The Bertz CT molecular complexity index is 637. The van der Waals surface area contributed by atoms with Crippen molar-refractivity contribution in [3.63, 3.8) is 0 Å². The average Bonchev–Trinajstić information content (AvgIpc) is 2.94. The second-order valence-corrected chi connectivity index (χ2v) is 5.72. The smallest absolute Gasteiger partial charge is 0.337 e. The van der Waals surface area contributed by atoms with E-state index in [-0.39, 0.29) is 6.61 Å². The van der Waals surface area contributed by atoms with Crippen LogP contribution in [0.1, 0.15) is 5.56 Å². The zero-order chi connectivity index (χ0) is 16.7. The second-order valence-electron chi connectivity index (χ2n) is 5.72. The van der Waals surface area contributed by atoms with Crippen LogP contribution in [-0.4, -0.2) is 58.5 Å². The highest BCUT2D eigenvalue weighted by Gasteiger charge is 2.13. The zero-order valence-electron chi connectivity index (χ0n) is 14.0. The van der Waals surface area contributed by atoms with Crippen LogP contribution in [0.2, 0.25) is 0 Å². The van der Waals surface area contributed by atoms with Crippen molar-refractivity contribution in [1.82, 2.24) is 4.98 Å². The molecule has 0 saturated heterocycles. The largest absolute Gasteiger partial charge is 0.424 e. The molecule has 1 heterocycles. The van der Waals surface area contributed by atoms with E-state index in [4.69, 9.17) is 14.2 Å². The third kappa shape index (κ3) is 5.06. The van der Waals surface area contributed by atoms with Crippen LogP contribution in [0.3, 0.4) is 0 Å². The number of aromatic amines is 1. The van der Waals surface area contributed by atoms with Crippen LogP contribution in [0, 0.1) is 0 Å². The molecular formula is C17H25N2O4+. The van der Waals surface area contributed by atoms with E-state index in [0.717, 1.165) is 29.4 Å². The van der Waals surface area contributed by atoms with Gasteiger partial charge in [0.2, 0.25) is 0 Å². The lowest BCUT2D eigenvalue weighted by Crippen LogP contribution is -3.05. The Labute approximate surface area is 136 Å². The summed E-state index contributed by atoms with van der Waals surface area (Å²) in [5.74, 6) is 0.173. The van der Waals surface area contributed by atoms with E-state index in [0.29, 0.717) is 19.0 Å².